The van der Waals surface area contributed by atoms with Crippen molar-refractivity contribution in [1.82, 2.24) is 15.3 Å². The minimum Gasteiger partial charge on any atom is -0.345 e. The van der Waals surface area contributed by atoms with Crippen LogP contribution in [-0.2, 0) is 6.54 Å². The number of thioether (sulfide) groups is 1. The van der Waals surface area contributed by atoms with Crippen LogP contribution in [0.3, 0.4) is 0 Å². The molecule has 0 radical (unpaired) electrons. The Morgan fingerprint density at radius 3 is 2.40 bits per heavy atom. The molecule has 150 valence electrons. The number of nitrogens with one attached hydrogen (secondary N) is 2. The molecular formula is C24H22N4OS. The lowest BCUT2D eigenvalue weighted by Crippen LogP contribution is -2.25. The Kier molecular flexibility index (Phi) is 5.95. The number of fused-ring (bicyclic) bond motifs is 1. The normalized spacial score (nSPS) is 10.7. The Morgan fingerprint density at radius 1 is 0.933 bits per heavy atom. The lowest BCUT2D eigenvalue weighted by atomic mass is 10.2. The number of anilines is 2. The van der Waals surface area contributed by atoms with Crippen LogP contribution in [0.5, 0.6) is 0 Å². The summed E-state index contributed by atoms with van der Waals surface area (Å²) in [5.74, 6) is 0.449. The number of carbonyl (C=O) groups is 1. The summed E-state index contributed by atoms with van der Waals surface area (Å²) < 4.78 is 0. The van der Waals surface area contributed by atoms with Crippen molar-refractivity contribution < 1.29 is 4.79 Å². The SMILES string of the molecule is CSc1ccc(CNC(=O)c2nc(Nc3ccc(C)cc3)c3ccccc3n2)cc1. The minimum absolute atomic E-state index is 0.143. The molecule has 3 aromatic carbocycles. The summed E-state index contributed by atoms with van der Waals surface area (Å²) in [5.41, 5.74) is 3.83. The molecule has 5 nitrogen and oxygen atoms in total. The maximum absolute atomic E-state index is 12.8. The van der Waals surface area contributed by atoms with Crippen LogP contribution >= 0.6 is 11.8 Å². The minimum atomic E-state index is -0.304. The van der Waals surface area contributed by atoms with Gasteiger partial charge in [0.15, 0.2) is 0 Å². The van der Waals surface area contributed by atoms with E-state index in [2.05, 4.69) is 20.6 Å². The predicted molar refractivity (Wildman–Crippen MR) is 123 cm³/mol. The highest BCUT2D eigenvalue weighted by atomic mass is 32.2. The Morgan fingerprint density at radius 2 is 1.67 bits per heavy atom. The first-order chi connectivity index (χ1) is 14.6. The van der Waals surface area contributed by atoms with Gasteiger partial charge in [0, 0.05) is 22.5 Å². The molecule has 4 aromatic rings. The van der Waals surface area contributed by atoms with Crippen LogP contribution in [0.1, 0.15) is 21.7 Å². The fourth-order valence-electron chi connectivity index (χ4n) is 3.05. The third-order valence-corrected chi connectivity index (χ3v) is 5.48. The first-order valence-electron chi connectivity index (χ1n) is 9.64. The van der Waals surface area contributed by atoms with E-state index in [1.54, 1.807) is 11.8 Å². The molecule has 0 saturated heterocycles. The van der Waals surface area contributed by atoms with Gasteiger partial charge >= 0.3 is 0 Å². The van der Waals surface area contributed by atoms with E-state index in [1.165, 1.54) is 10.5 Å². The first kappa shape index (κ1) is 19.9. The lowest BCUT2D eigenvalue weighted by Gasteiger charge is -2.11. The van der Waals surface area contributed by atoms with Gasteiger partial charge in [-0.1, -0.05) is 42.0 Å². The zero-order valence-electron chi connectivity index (χ0n) is 16.8. The number of carbonyl (C=O) groups excluding carboxylic acids is 1. The number of para-hydroxylation sites is 1. The molecular weight excluding hydrogens is 392 g/mol. The van der Waals surface area contributed by atoms with Crippen molar-refractivity contribution in [2.24, 2.45) is 0 Å². The van der Waals surface area contributed by atoms with Crippen LogP contribution in [-0.4, -0.2) is 22.1 Å². The quantitative estimate of drug-likeness (QED) is 0.417. The molecule has 4 rings (SSSR count). The summed E-state index contributed by atoms with van der Waals surface area (Å²) in [6.07, 6.45) is 2.04. The van der Waals surface area contributed by atoms with E-state index in [-0.39, 0.29) is 11.7 Å². The lowest BCUT2D eigenvalue weighted by molar-refractivity contribution is 0.0941. The second kappa shape index (κ2) is 8.97. The zero-order chi connectivity index (χ0) is 20.9. The summed E-state index contributed by atoms with van der Waals surface area (Å²) in [4.78, 5) is 22.9. The van der Waals surface area contributed by atoms with E-state index in [1.807, 2.05) is 86.0 Å². The number of amides is 1. The van der Waals surface area contributed by atoms with Crippen LogP contribution in [0.2, 0.25) is 0 Å². The second-order valence-electron chi connectivity index (χ2n) is 6.93. The summed E-state index contributed by atoms with van der Waals surface area (Å²) in [6.45, 7) is 2.46. The largest absolute Gasteiger partial charge is 0.345 e. The number of benzene rings is 3. The van der Waals surface area contributed by atoms with E-state index in [9.17, 15) is 4.79 Å². The molecule has 1 amide bonds. The highest BCUT2D eigenvalue weighted by Crippen LogP contribution is 2.24. The van der Waals surface area contributed by atoms with Gasteiger partial charge in [-0.15, -0.1) is 11.8 Å². The standard InChI is InChI=1S/C24H22N4OS/c1-16-7-11-18(12-8-16)26-22-20-5-3-4-6-21(20)27-23(28-22)24(29)25-15-17-9-13-19(30-2)14-10-17/h3-14H,15H2,1-2H3,(H,25,29)(H,26,27,28). The molecule has 0 unspecified atom stereocenters. The Bertz CT molecular complexity index is 1170. The molecule has 2 N–H and O–H groups in total. The average molecular weight is 415 g/mol. The van der Waals surface area contributed by atoms with Gasteiger partial charge in [0.2, 0.25) is 5.82 Å². The Balaban J connectivity index is 1.58. The number of aromatic nitrogens is 2. The zero-order valence-corrected chi connectivity index (χ0v) is 17.7. The van der Waals surface area contributed by atoms with Crippen molar-refractivity contribution in [3.63, 3.8) is 0 Å². The number of aryl methyl sites for hydroxylation is 1. The predicted octanol–water partition coefficient (Wildman–Crippen LogP) is 5.33. The van der Waals surface area contributed by atoms with Gasteiger partial charge in [0.05, 0.1) is 5.52 Å². The number of hydrogen-bond acceptors (Lipinski definition) is 5. The maximum Gasteiger partial charge on any atom is 0.289 e. The topological polar surface area (TPSA) is 66.9 Å². The van der Waals surface area contributed by atoms with Gasteiger partial charge in [-0.05, 0) is 55.1 Å². The van der Waals surface area contributed by atoms with Crippen molar-refractivity contribution >= 4 is 40.1 Å². The monoisotopic (exact) mass is 414 g/mol. The first-order valence-corrected chi connectivity index (χ1v) is 10.9. The van der Waals surface area contributed by atoms with Gasteiger partial charge in [0.25, 0.3) is 5.91 Å². The summed E-state index contributed by atoms with van der Waals surface area (Å²) in [5, 5.41) is 7.10. The number of rotatable bonds is 6. The third-order valence-electron chi connectivity index (χ3n) is 4.73. The fraction of sp³-hybridized carbons (Fsp3) is 0.125. The van der Waals surface area contributed by atoms with Gasteiger partial charge in [0.1, 0.15) is 5.82 Å². The van der Waals surface area contributed by atoms with E-state index >= 15 is 0 Å². The Hall–Kier alpha value is -3.38. The molecule has 1 aromatic heterocycles. The Labute approximate surface area is 180 Å². The second-order valence-corrected chi connectivity index (χ2v) is 7.81. The van der Waals surface area contributed by atoms with Crippen molar-refractivity contribution in [2.75, 3.05) is 11.6 Å². The molecule has 0 bridgehead atoms. The van der Waals surface area contributed by atoms with E-state index < -0.39 is 0 Å². The highest BCUT2D eigenvalue weighted by molar-refractivity contribution is 7.98. The third kappa shape index (κ3) is 4.60. The molecule has 6 heteroatoms. The van der Waals surface area contributed by atoms with Crippen LogP contribution in [0.4, 0.5) is 11.5 Å². The summed E-state index contributed by atoms with van der Waals surface area (Å²) in [7, 11) is 0. The van der Waals surface area contributed by atoms with Crippen LogP contribution in [0.25, 0.3) is 10.9 Å². The molecule has 0 aliphatic heterocycles. The van der Waals surface area contributed by atoms with Gasteiger partial charge in [-0.25, -0.2) is 9.97 Å². The molecule has 1 heterocycles. The summed E-state index contributed by atoms with van der Waals surface area (Å²) >= 11 is 1.69. The van der Waals surface area contributed by atoms with Gasteiger partial charge in [-0.2, -0.15) is 0 Å². The molecule has 0 atom stereocenters. The molecule has 0 spiro atoms. The highest BCUT2D eigenvalue weighted by Gasteiger charge is 2.14. The van der Waals surface area contributed by atoms with Crippen molar-refractivity contribution in [3.8, 4) is 0 Å². The fourth-order valence-corrected chi connectivity index (χ4v) is 3.46. The van der Waals surface area contributed by atoms with Crippen LogP contribution < -0.4 is 10.6 Å². The summed E-state index contributed by atoms with van der Waals surface area (Å²) in [6, 6.07) is 23.8. The van der Waals surface area contributed by atoms with Gasteiger partial charge in [-0.3, -0.25) is 4.79 Å². The molecule has 0 saturated carbocycles. The van der Waals surface area contributed by atoms with E-state index in [4.69, 9.17) is 0 Å². The molecule has 0 aliphatic rings. The van der Waals surface area contributed by atoms with Crippen LogP contribution in [0.15, 0.2) is 77.7 Å². The van der Waals surface area contributed by atoms with E-state index in [0.29, 0.717) is 12.4 Å². The van der Waals surface area contributed by atoms with Crippen molar-refractivity contribution in [3.05, 3.63) is 89.7 Å². The maximum atomic E-state index is 12.8. The molecule has 30 heavy (non-hydrogen) atoms. The van der Waals surface area contributed by atoms with Crippen LogP contribution in [0, 0.1) is 6.92 Å². The smallest absolute Gasteiger partial charge is 0.289 e. The van der Waals surface area contributed by atoms with Crippen molar-refractivity contribution in [1.29, 1.82) is 0 Å². The van der Waals surface area contributed by atoms with Crippen molar-refractivity contribution in [2.45, 2.75) is 18.4 Å². The number of nitrogens with zero attached hydrogens (tertiary/aromatic N) is 2. The number of hydrogen-bond donors (Lipinski definition) is 2. The molecule has 0 aliphatic carbocycles. The van der Waals surface area contributed by atoms with E-state index in [0.717, 1.165) is 22.2 Å². The van der Waals surface area contributed by atoms with Gasteiger partial charge < -0.3 is 10.6 Å². The molecule has 0 fully saturated rings. The average Bonchev–Trinajstić information content (AvgIpc) is 2.79.